The van der Waals surface area contributed by atoms with Gasteiger partial charge < -0.3 is 0 Å². The van der Waals surface area contributed by atoms with E-state index in [2.05, 4.69) is 15.2 Å². The summed E-state index contributed by atoms with van der Waals surface area (Å²) in [5.41, 5.74) is 2.35. The maximum atomic E-state index is 12.8. The van der Waals surface area contributed by atoms with E-state index in [-0.39, 0.29) is 5.82 Å². The standard InChI is InChI=1S/C19H11N5O2/c25-16(12-6-2-1-3-7-12)17(26)19-22-21-18-13-8-4-5-9-14(13)23-11-20-10-15(23)24(18)19/h1-11H. The summed E-state index contributed by atoms with van der Waals surface area (Å²) in [6.45, 7) is 0. The van der Waals surface area contributed by atoms with Gasteiger partial charge in [0.15, 0.2) is 5.65 Å². The monoisotopic (exact) mass is 341 g/mol. The van der Waals surface area contributed by atoms with Crippen LogP contribution in [0.2, 0.25) is 0 Å². The Hall–Kier alpha value is -3.87. The SMILES string of the molecule is O=C(C(=O)c1nnc2c3ccccc3n3cncc3n12)c1ccccc1. The largest absolute Gasteiger partial charge is 0.285 e. The molecule has 3 aromatic heterocycles. The molecule has 5 aromatic rings. The van der Waals surface area contributed by atoms with E-state index in [1.54, 1.807) is 47.3 Å². The van der Waals surface area contributed by atoms with Crippen molar-refractivity contribution < 1.29 is 9.59 Å². The van der Waals surface area contributed by atoms with Crippen LogP contribution in [0.3, 0.4) is 0 Å². The van der Waals surface area contributed by atoms with Crippen LogP contribution >= 0.6 is 0 Å². The predicted molar refractivity (Wildman–Crippen MR) is 94.3 cm³/mol. The zero-order valence-corrected chi connectivity index (χ0v) is 13.4. The summed E-state index contributed by atoms with van der Waals surface area (Å²) in [6.07, 6.45) is 3.27. The number of para-hydroxylation sites is 1. The molecule has 0 aliphatic rings. The molecule has 0 radical (unpaired) electrons. The molecule has 0 fully saturated rings. The Labute approximate surface area is 146 Å². The first kappa shape index (κ1) is 14.5. The Kier molecular flexibility index (Phi) is 2.96. The van der Waals surface area contributed by atoms with Crippen molar-refractivity contribution in [2.45, 2.75) is 0 Å². The van der Waals surface area contributed by atoms with E-state index in [4.69, 9.17) is 0 Å². The summed E-state index contributed by atoms with van der Waals surface area (Å²) in [5, 5.41) is 9.01. The Bertz CT molecular complexity index is 1320. The molecule has 0 aliphatic heterocycles. The van der Waals surface area contributed by atoms with Gasteiger partial charge in [0.05, 0.1) is 11.7 Å². The molecule has 124 valence electrons. The van der Waals surface area contributed by atoms with Gasteiger partial charge in [0, 0.05) is 10.9 Å². The number of aromatic nitrogens is 5. The van der Waals surface area contributed by atoms with Gasteiger partial charge in [-0.3, -0.25) is 18.4 Å². The van der Waals surface area contributed by atoms with Gasteiger partial charge in [-0.25, -0.2) is 4.98 Å². The van der Waals surface area contributed by atoms with E-state index >= 15 is 0 Å². The van der Waals surface area contributed by atoms with Crippen LogP contribution in [0.4, 0.5) is 0 Å². The minimum Gasteiger partial charge on any atom is -0.285 e. The molecule has 0 unspecified atom stereocenters. The lowest BCUT2D eigenvalue weighted by molar-refractivity contribution is 0.0810. The van der Waals surface area contributed by atoms with Crippen molar-refractivity contribution >= 4 is 33.8 Å². The lowest BCUT2D eigenvalue weighted by Crippen LogP contribution is -2.18. The highest BCUT2D eigenvalue weighted by atomic mass is 16.2. The summed E-state index contributed by atoms with van der Waals surface area (Å²) in [5.74, 6) is -1.35. The maximum Gasteiger partial charge on any atom is 0.271 e. The summed E-state index contributed by atoms with van der Waals surface area (Å²) < 4.78 is 3.42. The number of ketones is 2. The van der Waals surface area contributed by atoms with Crippen LogP contribution in [0.25, 0.3) is 22.2 Å². The Balaban J connectivity index is 1.80. The van der Waals surface area contributed by atoms with E-state index < -0.39 is 11.6 Å². The van der Waals surface area contributed by atoms with Crippen molar-refractivity contribution in [1.82, 2.24) is 24.0 Å². The molecule has 0 bridgehead atoms. The molecule has 0 amide bonds. The minimum atomic E-state index is -0.706. The number of hydrogen-bond donors (Lipinski definition) is 0. The molecular formula is C19H11N5O2. The van der Waals surface area contributed by atoms with Crippen LogP contribution in [-0.4, -0.2) is 35.5 Å². The number of hydrogen-bond acceptors (Lipinski definition) is 5. The van der Waals surface area contributed by atoms with Gasteiger partial charge in [0.25, 0.3) is 5.78 Å². The van der Waals surface area contributed by atoms with Crippen LogP contribution in [0, 0.1) is 0 Å². The number of fused-ring (bicyclic) bond motifs is 6. The molecule has 7 heteroatoms. The molecule has 0 atom stereocenters. The average Bonchev–Trinajstić information content (AvgIpc) is 3.34. The predicted octanol–water partition coefficient (Wildman–Crippen LogP) is 2.60. The molecule has 0 spiro atoms. The van der Waals surface area contributed by atoms with Gasteiger partial charge in [-0.05, 0) is 12.1 Å². The Morgan fingerprint density at radius 3 is 2.46 bits per heavy atom. The molecule has 0 saturated carbocycles. The highest BCUT2D eigenvalue weighted by molar-refractivity contribution is 6.48. The number of benzene rings is 2. The fraction of sp³-hybridized carbons (Fsp3) is 0. The van der Waals surface area contributed by atoms with Gasteiger partial charge in [-0.2, -0.15) is 0 Å². The van der Waals surface area contributed by atoms with Gasteiger partial charge in [-0.1, -0.05) is 42.5 Å². The summed E-state index contributed by atoms with van der Waals surface area (Å²) in [7, 11) is 0. The molecule has 3 heterocycles. The lowest BCUT2D eigenvalue weighted by Gasteiger charge is -2.06. The topological polar surface area (TPSA) is 81.6 Å². The third kappa shape index (κ3) is 1.91. The van der Waals surface area contributed by atoms with Gasteiger partial charge >= 0.3 is 0 Å². The van der Waals surface area contributed by atoms with E-state index in [1.165, 1.54) is 0 Å². The molecule has 0 saturated heterocycles. The minimum absolute atomic E-state index is 0.0230. The first-order valence-corrected chi connectivity index (χ1v) is 7.97. The highest BCUT2D eigenvalue weighted by Crippen LogP contribution is 2.23. The van der Waals surface area contributed by atoms with Crippen molar-refractivity contribution in [2.75, 3.05) is 0 Å². The number of carbonyl (C=O) groups is 2. The smallest absolute Gasteiger partial charge is 0.271 e. The van der Waals surface area contributed by atoms with Crippen molar-refractivity contribution in [2.24, 2.45) is 0 Å². The third-order valence-electron chi connectivity index (χ3n) is 4.36. The maximum absolute atomic E-state index is 12.8. The third-order valence-corrected chi connectivity index (χ3v) is 4.36. The fourth-order valence-electron chi connectivity index (χ4n) is 3.16. The van der Waals surface area contributed by atoms with Crippen molar-refractivity contribution in [3.05, 3.63) is 78.5 Å². The average molecular weight is 341 g/mol. The van der Waals surface area contributed by atoms with E-state index in [0.29, 0.717) is 16.9 Å². The normalized spacial score (nSPS) is 11.4. The molecule has 5 rings (SSSR count). The van der Waals surface area contributed by atoms with Crippen molar-refractivity contribution in [3.8, 4) is 0 Å². The zero-order valence-electron chi connectivity index (χ0n) is 13.4. The Morgan fingerprint density at radius 2 is 1.62 bits per heavy atom. The van der Waals surface area contributed by atoms with Gasteiger partial charge in [0.1, 0.15) is 12.0 Å². The van der Waals surface area contributed by atoms with E-state index in [1.807, 2.05) is 28.7 Å². The van der Waals surface area contributed by atoms with Gasteiger partial charge in [-0.15, -0.1) is 10.2 Å². The molecule has 2 aromatic carbocycles. The van der Waals surface area contributed by atoms with Crippen molar-refractivity contribution in [1.29, 1.82) is 0 Å². The summed E-state index contributed by atoms with van der Waals surface area (Å²) in [4.78, 5) is 29.6. The van der Waals surface area contributed by atoms with E-state index in [9.17, 15) is 9.59 Å². The quantitative estimate of drug-likeness (QED) is 0.372. The number of Topliss-reactive ketones (excluding diaryl/α,β-unsaturated/α-hetero) is 2. The molecule has 0 N–H and O–H groups in total. The zero-order chi connectivity index (χ0) is 17.7. The first-order valence-electron chi connectivity index (χ1n) is 7.97. The van der Waals surface area contributed by atoms with Gasteiger partial charge in [0.2, 0.25) is 11.6 Å². The van der Waals surface area contributed by atoms with E-state index in [0.717, 1.165) is 10.9 Å². The summed E-state index contributed by atoms with van der Waals surface area (Å²) in [6, 6.07) is 16.1. The molecular weight excluding hydrogens is 330 g/mol. The van der Waals surface area contributed by atoms with Crippen LogP contribution in [0.15, 0.2) is 67.1 Å². The number of carbonyl (C=O) groups excluding carboxylic acids is 2. The molecule has 26 heavy (non-hydrogen) atoms. The van der Waals surface area contributed by atoms with Crippen LogP contribution in [-0.2, 0) is 0 Å². The first-order chi connectivity index (χ1) is 12.8. The fourth-order valence-corrected chi connectivity index (χ4v) is 3.16. The second-order valence-electron chi connectivity index (χ2n) is 5.85. The van der Waals surface area contributed by atoms with Crippen LogP contribution in [0.5, 0.6) is 0 Å². The molecule has 0 aliphatic carbocycles. The number of imidazole rings is 1. The number of nitrogens with zero attached hydrogens (tertiary/aromatic N) is 5. The lowest BCUT2D eigenvalue weighted by atomic mass is 10.1. The second kappa shape index (κ2) is 5.32. The molecule has 7 nitrogen and oxygen atoms in total. The number of rotatable bonds is 3. The highest BCUT2D eigenvalue weighted by Gasteiger charge is 2.25. The Morgan fingerprint density at radius 1 is 0.846 bits per heavy atom. The second-order valence-corrected chi connectivity index (χ2v) is 5.85. The van der Waals surface area contributed by atoms with Crippen LogP contribution < -0.4 is 0 Å². The summed E-state index contributed by atoms with van der Waals surface area (Å²) >= 11 is 0. The van der Waals surface area contributed by atoms with Crippen LogP contribution in [0.1, 0.15) is 21.0 Å². The van der Waals surface area contributed by atoms with Crippen molar-refractivity contribution in [3.63, 3.8) is 0 Å².